The van der Waals surface area contributed by atoms with E-state index >= 15 is 0 Å². The molecule has 1 unspecified atom stereocenters. The highest BCUT2D eigenvalue weighted by Gasteiger charge is 2.22. The standard InChI is InChI=1S/C18H24O5/c1-4-6-8-14(19)9-13-10-15(20)11-16(21)17(13)18(22)23-12(3)7-5-2/h5-6,8,10-12,14,19-21H,2,4,7,9H2,1,3H3/b8-6+/t12-,14?/m0/s1. The molecule has 0 aliphatic rings. The lowest BCUT2D eigenvalue weighted by Crippen LogP contribution is -2.18. The molecule has 23 heavy (non-hydrogen) atoms. The number of rotatable bonds is 8. The molecular weight excluding hydrogens is 296 g/mol. The maximum absolute atomic E-state index is 12.3. The van der Waals surface area contributed by atoms with Crippen molar-refractivity contribution in [2.45, 2.75) is 45.3 Å². The minimum atomic E-state index is -0.826. The van der Waals surface area contributed by atoms with E-state index in [0.29, 0.717) is 12.0 Å². The van der Waals surface area contributed by atoms with Crippen LogP contribution in [0, 0.1) is 0 Å². The Bertz CT molecular complexity index is 577. The van der Waals surface area contributed by atoms with E-state index in [1.54, 1.807) is 25.2 Å². The SMILES string of the molecule is C=CC[C@H](C)OC(=O)c1c(O)cc(O)cc1CC(O)/C=C/CC. The highest BCUT2D eigenvalue weighted by atomic mass is 16.5. The normalized spacial score (nSPS) is 13.7. The second kappa shape index (κ2) is 9.00. The number of benzene rings is 1. The van der Waals surface area contributed by atoms with Crippen molar-refractivity contribution in [3.63, 3.8) is 0 Å². The summed E-state index contributed by atoms with van der Waals surface area (Å²) < 4.78 is 5.25. The quantitative estimate of drug-likeness (QED) is 0.506. The Hall–Kier alpha value is -2.27. The number of hydrogen-bond donors (Lipinski definition) is 3. The van der Waals surface area contributed by atoms with Crippen LogP contribution in [0.25, 0.3) is 0 Å². The van der Waals surface area contributed by atoms with Gasteiger partial charge in [0.15, 0.2) is 0 Å². The van der Waals surface area contributed by atoms with E-state index in [-0.39, 0.29) is 29.6 Å². The van der Waals surface area contributed by atoms with Crippen LogP contribution in [-0.2, 0) is 11.2 Å². The molecule has 0 spiro atoms. The van der Waals surface area contributed by atoms with Crippen LogP contribution < -0.4 is 0 Å². The number of phenols is 2. The fourth-order valence-electron chi connectivity index (χ4n) is 2.18. The summed E-state index contributed by atoms with van der Waals surface area (Å²) in [6.07, 6.45) is 5.18. The van der Waals surface area contributed by atoms with Crippen molar-refractivity contribution in [3.8, 4) is 11.5 Å². The van der Waals surface area contributed by atoms with Gasteiger partial charge >= 0.3 is 5.97 Å². The first-order valence-electron chi connectivity index (χ1n) is 7.60. The second-order valence-electron chi connectivity index (χ2n) is 5.35. The van der Waals surface area contributed by atoms with E-state index in [4.69, 9.17) is 4.74 Å². The molecule has 0 bridgehead atoms. The highest BCUT2D eigenvalue weighted by molar-refractivity contribution is 5.94. The van der Waals surface area contributed by atoms with E-state index in [1.165, 1.54) is 6.07 Å². The van der Waals surface area contributed by atoms with Crippen molar-refractivity contribution >= 4 is 5.97 Å². The van der Waals surface area contributed by atoms with Gasteiger partial charge in [0, 0.05) is 18.9 Å². The Balaban J connectivity index is 3.07. The molecule has 0 saturated carbocycles. The molecular formula is C18H24O5. The van der Waals surface area contributed by atoms with Crippen molar-refractivity contribution in [2.24, 2.45) is 0 Å². The molecule has 0 amide bonds. The van der Waals surface area contributed by atoms with Crippen LogP contribution in [-0.4, -0.2) is 33.5 Å². The van der Waals surface area contributed by atoms with E-state index < -0.39 is 12.1 Å². The molecule has 0 aliphatic heterocycles. The van der Waals surface area contributed by atoms with Crippen LogP contribution in [0.5, 0.6) is 11.5 Å². The van der Waals surface area contributed by atoms with Gasteiger partial charge in [0.2, 0.25) is 0 Å². The number of hydrogen-bond acceptors (Lipinski definition) is 5. The summed E-state index contributed by atoms with van der Waals surface area (Å²) in [6.45, 7) is 7.24. The van der Waals surface area contributed by atoms with Gasteiger partial charge in [-0.25, -0.2) is 4.79 Å². The zero-order chi connectivity index (χ0) is 17.4. The topological polar surface area (TPSA) is 87.0 Å². The lowest BCUT2D eigenvalue weighted by molar-refractivity contribution is 0.0343. The van der Waals surface area contributed by atoms with Crippen LogP contribution >= 0.6 is 0 Å². The van der Waals surface area contributed by atoms with Gasteiger partial charge < -0.3 is 20.1 Å². The Morgan fingerprint density at radius 3 is 2.70 bits per heavy atom. The number of phenolic OH excluding ortho intramolecular Hbond substituents is 2. The van der Waals surface area contributed by atoms with Gasteiger partial charge in [0.25, 0.3) is 0 Å². The first-order valence-corrected chi connectivity index (χ1v) is 7.60. The molecule has 1 aromatic rings. The summed E-state index contributed by atoms with van der Waals surface area (Å²) in [5.74, 6) is -1.25. The van der Waals surface area contributed by atoms with E-state index in [9.17, 15) is 20.1 Å². The molecule has 0 radical (unpaired) electrons. The minimum Gasteiger partial charge on any atom is -0.508 e. The largest absolute Gasteiger partial charge is 0.508 e. The van der Waals surface area contributed by atoms with Crippen molar-refractivity contribution in [1.29, 1.82) is 0 Å². The molecule has 0 aliphatic carbocycles. The predicted molar refractivity (Wildman–Crippen MR) is 88.6 cm³/mol. The van der Waals surface area contributed by atoms with Gasteiger partial charge in [0.05, 0.1) is 6.10 Å². The number of carbonyl (C=O) groups excluding carboxylic acids is 1. The molecule has 5 nitrogen and oxygen atoms in total. The van der Waals surface area contributed by atoms with Crippen LogP contribution in [0.4, 0.5) is 0 Å². The number of ether oxygens (including phenoxy) is 1. The number of aliphatic hydroxyl groups is 1. The molecule has 0 heterocycles. The summed E-state index contributed by atoms with van der Waals surface area (Å²) in [6, 6.07) is 2.42. The number of aromatic hydroxyl groups is 2. The van der Waals surface area contributed by atoms with Gasteiger partial charge in [-0.3, -0.25) is 0 Å². The number of carbonyl (C=O) groups is 1. The van der Waals surface area contributed by atoms with Gasteiger partial charge in [-0.15, -0.1) is 6.58 Å². The third-order valence-electron chi connectivity index (χ3n) is 3.22. The fraction of sp³-hybridized carbons (Fsp3) is 0.389. The molecule has 1 rings (SSSR count). The van der Waals surface area contributed by atoms with Gasteiger partial charge in [-0.2, -0.15) is 0 Å². The molecule has 2 atom stereocenters. The average molecular weight is 320 g/mol. The van der Waals surface area contributed by atoms with Crippen LogP contribution in [0.3, 0.4) is 0 Å². The minimum absolute atomic E-state index is 0.0392. The van der Waals surface area contributed by atoms with Crippen LogP contribution in [0.15, 0.2) is 36.9 Å². The average Bonchev–Trinajstić information content (AvgIpc) is 2.44. The number of esters is 1. The fourth-order valence-corrected chi connectivity index (χ4v) is 2.18. The first kappa shape index (κ1) is 18.8. The predicted octanol–water partition coefficient (Wildman–Crippen LogP) is 3.09. The zero-order valence-electron chi connectivity index (χ0n) is 13.5. The lowest BCUT2D eigenvalue weighted by Gasteiger charge is -2.16. The van der Waals surface area contributed by atoms with Crippen molar-refractivity contribution in [3.05, 3.63) is 48.1 Å². The van der Waals surface area contributed by atoms with Gasteiger partial charge in [0.1, 0.15) is 23.2 Å². The van der Waals surface area contributed by atoms with Gasteiger partial charge in [-0.1, -0.05) is 25.2 Å². The highest BCUT2D eigenvalue weighted by Crippen LogP contribution is 2.29. The van der Waals surface area contributed by atoms with Crippen LogP contribution in [0.2, 0.25) is 0 Å². The van der Waals surface area contributed by atoms with Crippen LogP contribution in [0.1, 0.15) is 42.6 Å². The Morgan fingerprint density at radius 2 is 2.09 bits per heavy atom. The summed E-state index contributed by atoms with van der Waals surface area (Å²) in [5.41, 5.74) is 0.286. The third kappa shape index (κ3) is 5.79. The first-order chi connectivity index (χ1) is 10.9. The molecule has 3 N–H and O–H groups in total. The Morgan fingerprint density at radius 1 is 1.39 bits per heavy atom. The molecule has 1 aromatic carbocycles. The number of allylic oxidation sites excluding steroid dienone is 1. The smallest absolute Gasteiger partial charge is 0.342 e. The molecule has 5 heteroatoms. The summed E-state index contributed by atoms with van der Waals surface area (Å²) in [4.78, 5) is 12.3. The molecule has 0 saturated heterocycles. The van der Waals surface area contributed by atoms with Crippen molar-refractivity contribution in [2.75, 3.05) is 0 Å². The Kier molecular flexibility index (Phi) is 7.35. The monoisotopic (exact) mass is 320 g/mol. The summed E-state index contributed by atoms with van der Waals surface area (Å²) >= 11 is 0. The van der Waals surface area contributed by atoms with Crippen molar-refractivity contribution in [1.82, 2.24) is 0 Å². The molecule has 126 valence electrons. The summed E-state index contributed by atoms with van der Waals surface area (Å²) in [5, 5.41) is 29.6. The molecule has 0 aromatic heterocycles. The lowest BCUT2D eigenvalue weighted by atomic mass is 9.99. The van der Waals surface area contributed by atoms with E-state index in [1.807, 2.05) is 6.92 Å². The van der Waals surface area contributed by atoms with Gasteiger partial charge in [-0.05, 0) is 25.0 Å². The second-order valence-corrected chi connectivity index (χ2v) is 5.35. The Labute approximate surface area is 136 Å². The zero-order valence-corrected chi connectivity index (χ0v) is 13.5. The number of aliphatic hydroxyl groups excluding tert-OH is 1. The summed E-state index contributed by atoms with van der Waals surface area (Å²) in [7, 11) is 0. The van der Waals surface area contributed by atoms with E-state index in [0.717, 1.165) is 12.5 Å². The maximum atomic E-state index is 12.3. The maximum Gasteiger partial charge on any atom is 0.342 e. The third-order valence-corrected chi connectivity index (χ3v) is 3.22. The molecule has 0 fully saturated rings. The van der Waals surface area contributed by atoms with E-state index in [2.05, 4.69) is 6.58 Å². The van der Waals surface area contributed by atoms with Crippen molar-refractivity contribution < 1.29 is 24.9 Å².